The van der Waals surface area contributed by atoms with Gasteiger partial charge in [-0.25, -0.2) is 0 Å². The van der Waals surface area contributed by atoms with Crippen LogP contribution in [0.1, 0.15) is 36.8 Å². The zero-order chi connectivity index (χ0) is 16.9. The van der Waals surface area contributed by atoms with Crippen LogP contribution < -0.4 is 10.6 Å². The SMILES string of the molecule is CC(C)(C)C(=O)Nc1ccccc1C(=O)NCc1ccccn1. The molecule has 2 aromatic rings. The van der Waals surface area contributed by atoms with E-state index in [1.807, 2.05) is 39.0 Å². The second-order valence-corrected chi connectivity index (χ2v) is 6.25. The fourth-order valence-corrected chi connectivity index (χ4v) is 1.87. The lowest BCUT2D eigenvalue weighted by molar-refractivity contribution is -0.123. The van der Waals surface area contributed by atoms with Crippen LogP contribution in [0.2, 0.25) is 0 Å². The number of hydrogen-bond acceptors (Lipinski definition) is 3. The summed E-state index contributed by atoms with van der Waals surface area (Å²) in [6, 6.07) is 12.5. The van der Waals surface area contributed by atoms with E-state index in [1.54, 1.807) is 30.5 Å². The van der Waals surface area contributed by atoms with Crippen LogP contribution in [0.25, 0.3) is 0 Å². The number of para-hydroxylation sites is 1. The van der Waals surface area contributed by atoms with Crippen molar-refractivity contribution >= 4 is 17.5 Å². The molecule has 0 aliphatic heterocycles. The summed E-state index contributed by atoms with van der Waals surface area (Å²) in [5, 5.41) is 5.63. The molecule has 2 N–H and O–H groups in total. The number of anilines is 1. The van der Waals surface area contributed by atoms with E-state index in [4.69, 9.17) is 0 Å². The van der Waals surface area contributed by atoms with Gasteiger partial charge >= 0.3 is 0 Å². The van der Waals surface area contributed by atoms with E-state index in [-0.39, 0.29) is 11.8 Å². The van der Waals surface area contributed by atoms with Gasteiger partial charge in [0.25, 0.3) is 5.91 Å². The average Bonchev–Trinajstić information content (AvgIpc) is 2.53. The molecule has 2 amide bonds. The zero-order valence-corrected chi connectivity index (χ0v) is 13.6. The standard InChI is InChI=1S/C18H21N3O2/c1-18(2,3)17(23)21-15-10-5-4-9-14(15)16(22)20-12-13-8-6-7-11-19-13/h4-11H,12H2,1-3H3,(H,20,22)(H,21,23). The van der Waals surface area contributed by atoms with Gasteiger partial charge in [0.05, 0.1) is 23.5 Å². The Bertz CT molecular complexity index is 691. The van der Waals surface area contributed by atoms with Crippen molar-refractivity contribution in [3.63, 3.8) is 0 Å². The molecule has 0 atom stereocenters. The molecule has 1 aromatic heterocycles. The third kappa shape index (κ3) is 4.64. The molecule has 0 radical (unpaired) electrons. The molecule has 120 valence electrons. The van der Waals surface area contributed by atoms with Crippen LogP contribution in [0.3, 0.4) is 0 Å². The minimum atomic E-state index is -0.530. The van der Waals surface area contributed by atoms with Crippen molar-refractivity contribution in [2.45, 2.75) is 27.3 Å². The van der Waals surface area contributed by atoms with E-state index < -0.39 is 5.41 Å². The smallest absolute Gasteiger partial charge is 0.253 e. The van der Waals surface area contributed by atoms with Crippen molar-refractivity contribution in [1.29, 1.82) is 0 Å². The number of nitrogens with one attached hydrogen (secondary N) is 2. The van der Waals surface area contributed by atoms with Crippen LogP contribution in [-0.2, 0) is 11.3 Å². The van der Waals surface area contributed by atoms with Crippen molar-refractivity contribution in [3.8, 4) is 0 Å². The van der Waals surface area contributed by atoms with Crippen LogP contribution in [0.4, 0.5) is 5.69 Å². The molecule has 0 bridgehead atoms. The third-order valence-electron chi connectivity index (χ3n) is 3.26. The lowest BCUT2D eigenvalue weighted by Gasteiger charge is -2.19. The first-order chi connectivity index (χ1) is 10.9. The average molecular weight is 311 g/mol. The first-order valence-electron chi connectivity index (χ1n) is 7.46. The summed E-state index contributed by atoms with van der Waals surface area (Å²) in [6.07, 6.45) is 1.68. The molecule has 5 heteroatoms. The zero-order valence-electron chi connectivity index (χ0n) is 13.6. The molecule has 0 unspecified atom stereocenters. The Morgan fingerprint density at radius 2 is 1.74 bits per heavy atom. The highest BCUT2D eigenvalue weighted by atomic mass is 16.2. The van der Waals surface area contributed by atoms with Crippen molar-refractivity contribution in [2.75, 3.05) is 5.32 Å². The van der Waals surface area contributed by atoms with Crippen molar-refractivity contribution in [1.82, 2.24) is 10.3 Å². The number of rotatable bonds is 4. The predicted octanol–water partition coefficient (Wildman–Crippen LogP) is 3.00. The number of nitrogens with zero attached hydrogens (tertiary/aromatic N) is 1. The lowest BCUT2D eigenvalue weighted by atomic mass is 9.95. The van der Waals surface area contributed by atoms with E-state index in [9.17, 15) is 9.59 Å². The topological polar surface area (TPSA) is 71.1 Å². The van der Waals surface area contributed by atoms with Crippen molar-refractivity contribution in [3.05, 3.63) is 59.9 Å². The van der Waals surface area contributed by atoms with E-state index in [1.165, 1.54) is 0 Å². The molecule has 0 saturated heterocycles. The molecule has 0 aliphatic carbocycles. The minimum absolute atomic E-state index is 0.137. The van der Waals surface area contributed by atoms with Gasteiger partial charge in [0.15, 0.2) is 0 Å². The summed E-state index contributed by atoms with van der Waals surface area (Å²) in [5.41, 5.74) is 1.18. The highest BCUT2D eigenvalue weighted by Gasteiger charge is 2.23. The van der Waals surface area contributed by atoms with Gasteiger partial charge in [-0.3, -0.25) is 14.6 Å². The van der Waals surface area contributed by atoms with E-state index >= 15 is 0 Å². The molecule has 0 saturated carbocycles. The Kier molecular flexibility index (Phi) is 5.11. The molecule has 2 rings (SSSR count). The summed E-state index contributed by atoms with van der Waals surface area (Å²) in [4.78, 5) is 28.7. The van der Waals surface area contributed by atoms with Crippen LogP contribution >= 0.6 is 0 Å². The number of aromatic nitrogens is 1. The first-order valence-corrected chi connectivity index (χ1v) is 7.46. The molecule has 5 nitrogen and oxygen atoms in total. The number of carbonyl (C=O) groups is 2. The van der Waals surface area contributed by atoms with Gasteiger partial charge in [0.1, 0.15) is 0 Å². The normalized spacial score (nSPS) is 10.9. The van der Waals surface area contributed by atoms with Crippen LogP contribution in [0, 0.1) is 5.41 Å². The number of pyridine rings is 1. The second kappa shape index (κ2) is 7.05. The Morgan fingerprint density at radius 3 is 2.39 bits per heavy atom. The van der Waals surface area contributed by atoms with Gasteiger partial charge in [-0.1, -0.05) is 39.0 Å². The van der Waals surface area contributed by atoms with Crippen LogP contribution in [0.15, 0.2) is 48.7 Å². The molecule has 0 fully saturated rings. The molecule has 1 heterocycles. The number of benzene rings is 1. The Morgan fingerprint density at radius 1 is 1.04 bits per heavy atom. The van der Waals surface area contributed by atoms with Gasteiger partial charge < -0.3 is 10.6 Å². The minimum Gasteiger partial charge on any atom is -0.346 e. The summed E-state index contributed by atoms with van der Waals surface area (Å²) in [6.45, 7) is 5.81. The third-order valence-corrected chi connectivity index (χ3v) is 3.26. The maximum absolute atomic E-state index is 12.4. The molecule has 0 spiro atoms. The fraction of sp³-hybridized carbons (Fsp3) is 0.278. The Labute approximate surface area is 136 Å². The van der Waals surface area contributed by atoms with Gasteiger partial charge in [-0.15, -0.1) is 0 Å². The molecular weight excluding hydrogens is 290 g/mol. The molecule has 0 aliphatic rings. The van der Waals surface area contributed by atoms with Crippen molar-refractivity contribution < 1.29 is 9.59 Å². The lowest BCUT2D eigenvalue weighted by Crippen LogP contribution is -2.30. The van der Waals surface area contributed by atoms with E-state index in [0.29, 0.717) is 17.8 Å². The highest BCUT2D eigenvalue weighted by molar-refractivity contribution is 6.04. The molecule has 23 heavy (non-hydrogen) atoms. The predicted molar refractivity (Wildman–Crippen MR) is 89.9 cm³/mol. The van der Waals surface area contributed by atoms with E-state index in [0.717, 1.165) is 5.69 Å². The van der Waals surface area contributed by atoms with Crippen LogP contribution in [0.5, 0.6) is 0 Å². The number of hydrogen-bond donors (Lipinski definition) is 2. The maximum Gasteiger partial charge on any atom is 0.253 e. The molecule has 1 aromatic carbocycles. The summed E-state index contributed by atoms with van der Waals surface area (Å²) in [7, 11) is 0. The quantitative estimate of drug-likeness (QED) is 0.912. The van der Waals surface area contributed by atoms with E-state index in [2.05, 4.69) is 15.6 Å². The summed E-state index contributed by atoms with van der Waals surface area (Å²) in [5.74, 6) is -0.386. The monoisotopic (exact) mass is 311 g/mol. The van der Waals surface area contributed by atoms with Gasteiger partial charge in [0, 0.05) is 11.6 Å². The molecular formula is C18H21N3O2. The number of carbonyl (C=O) groups excluding carboxylic acids is 2. The van der Waals surface area contributed by atoms with Crippen molar-refractivity contribution in [2.24, 2.45) is 5.41 Å². The summed E-state index contributed by atoms with van der Waals surface area (Å²) >= 11 is 0. The fourth-order valence-electron chi connectivity index (χ4n) is 1.87. The van der Waals surface area contributed by atoms with Gasteiger partial charge in [0.2, 0.25) is 5.91 Å². The Hall–Kier alpha value is -2.69. The second-order valence-electron chi connectivity index (χ2n) is 6.25. The highest BCUT2D eigenvalue weighted by Crippen LogP contribution is 2.20. The van der Waals surface area contributed by atoms with Gasteiger partial charge in [-0.05, 0) is 24.3 Å². The maximum atomic E-state index is 12.4. The van der Waals surface area contributed by atoms with Crippen LogP contribution in [-0.4, -0.2) is 16.8 Å². The first kappa shape index (κ1) is 16.7. The summed E-state index contributed by atoms with van der Waals surface area (Å²) < 4.78 is 0. The Balaban J connectivity index is 2.10. The largest absolute Gasteiger partial charge is 0.346 e. The number of amides is 2. The van der Waals surface area contributed by atoms with Gasteiger partial charge in [-0.2, -0.15) is 0 Å².